The van der Waals surface area contributed by atoms with Gasteiger partial charge in [-0.25, -0.2) is 8.78 Å². The molecule has 0 aliphatic rings. The predicted octanol–water partition coefficient (Wildman–Crippen LogP) is 5.34. The molecule has 0 bridgehead atoms. The first-order valence-electron chi connectivity index (χ1n) is 6.23. The van der Waals surface area contributed by atoms with Crippen molar-refractivity contribution >= 4 is 22.6 Å². The van der Waals surface area contributed by atoms with Gasteiger partial charge in [-0.15, -0.1) is 0 Å². The quantitative estimate of drug-likeness (QED) is 0.219. The molecule has 0 aromatic heterocycles. The number of hydrogen-bond acceptors (Lipinski definition) is 1. The Morgan fingerprint density at radius 3 is 1.67 bits per heavy atom. The third-order valence-electron chi connectivity index (χ3n) is 3.35. The van der Waals surface area contributed by atoms with E-state index in [1.165, 1.54) is 24.3 Å². The van der Waals surface area contributed by atoms with Crippen LogP contribution in [0.4, 0.5) is 8.78 Å². The van der Waals surface area contributed by atoms with Crippen LogP contribution in [0.1, 0.15) is 18.1 Å². The molecule has 0 spiro atoms. The van der Waals surface area contributed by atoms with Crippen molar-refractivity contribution in [2.45, 2.75) is 16.4 Å². The molecule has 0 saturated heterocycles. The number of nitrogens with zero attached hydrogens (tertiary/aromatic N) is 3. The van der Waals surface area contributed by atoms with Crippen LogP contribution in [-0.4, -0.2) is 3.92 Å². The van der Waals surface area contributed by atoms with Crippen molar-refractivity contribution in [1.29, 1.82) is 0 Å². The lowest BCUT2D eigenvalue weighted by Crippen LogP contribution is -2.33. The fourth-order valence-corrected chi connectivity index (χ4v) is 3.14. The Morgan fingerprint density at radius 1 is 1.00 bits per heavy atom. The van der Waals surface area contributed by atoms with E-state index in [0.717, 1.165) is 0 Å². The summed E-state index contributed by atoms with van der Waals surface area (Å²) < 4.78 is 26.2. The molecule has 0 aliphatic carbocycles. The summed E-state index contributed by atoms with van der Waals surface area (Å²) in [5, 5.41) is 3.98. The summed E-state index contributed by atoms with van der Waals surface area (Å²) >= 11 is 2.15. The Labute approximate surface area is 134 Å². The zero-order valence-electron chi connectivity index (χ0n) is 11.2. The van der Waals surface area contributed by atoms with Crippen molar-refractivity contribution in [3.05, 3.63) is 81.7 Å². The van der Waals surface area contributed by atoms with E-state index in [0.29, 0.717) is 11.1 Å². The molecule has 0 saturated carbocycles. The molecule has 0 aliphatic heterocycles. The molecule has 2 aromatic rings. The van der Waals surface area contributed by atoms with E-state index in [2.05, 4.69) is 32.6 Å². The summed E-state index contributed by atoms with van der Waals surface area (Å²) in [4.78, 5) is 2.96. The maximum Gasteiger partial charge on any atom is 0.123 e. The van der Waals surface area contributed by atoms with Crippen molar-refractivity contribution < 1.29 is 8.78 Å². The van der Waals surface area contributed by atoms with Gasteiger partial charge in [0.05, 0.1) is 0 Å². The van der Waals surface area contributed by atoms with E-state index in [-0.39, 0.29) is 15.6 Å². The molecule has 3 nitrogen and oxygen atoms in total. The number of alkyl halides is 1. The lowest BCUT2D eigenvalue weighted by Gasteiger charge is -2.33. The largest absolute Gasteiger partial charge is 0.207 e. The predicted molar refractivity (Wildman–Crippen MR) is 86.2 cm³/mol. The maximum absolute atomic E-state index is 13.2. The summed E-state index contributed by atoms with van der Waals surface area (Å²) in [5.41, 5.74) is 9.30. The van der Waals surface area contributed by atoms with E-state index < -0.39 is 5.54 Å². The SMILES string of the molecule is CC(I)C(N=[N+]=[N-])(c1ccc(F)cc1)c1ccc(F)cc1. The molecule has 108 valence electrons. The van der Waals surface area contributed by atoms with Crippen molar-refractivity contribution in [2.75, 3.05) is 0 Å². The van der Waals surface area contributed by atoms with Gasteiger partial charge >= 0.3 is 0 Å². The molecule has 0 fully saturated rings. The first kappa shape index (κ1) is 15.7. The van der Waals surface area contributed by atoms with Gasteiger partial charge in [-0.05, 0) is 40.9 Å². The van der Waals surface area contributed by atoms with Gasteiger partial charge in [0.25, 0.3) is 0 Å². The summed E-state index contributed by atoms with van der Waals surface area (Å²) in [6.45, 7) is 1.89. The molecule has 2 aromatic carbocycles. The first-order chi connectivity index (χ1) is 10.0. The smallest absolute Gasteiger partial charge is 0.123 e. The van der Waals surface area contributed by atoms with E-state index in [4.69, 9.17) is 5.53 Å². The lowest BCUT2D eigenvalue weighted by atomic mass is 9.81. The fraction of sp³-hybridized carbons (Fsp3) is 0.200. The lowest BCUT2D eigenvalue weighted by molar-refractivity contribution is 0.538. The second-order valence-corrected chi connectivity index (χ2v) is 6.45. The van der Waals surface area contributed by atoms with Gasteiger partial charge < -0.3 is 0 Å². The van der Waals surface area contributed by atoms with Gasteiger partial charge in [-0.1, -0.05) is 58.9 Å². The number of azide groups is 1. The van der Waals surface area contributed by atoms with E-state index >= 15 is 0 Å². The van der Waals surface area contributed by atoms with Crippen LogP contribution in [0.3, 0.4) is 0 Å². The van der Waals surface area contributed by atoms with E-state index in [9.17, 15) is 8.78 Å². The van der Waals surface area contributed by atoms with Crippen LogP contribution in [-0.2, 0) is 5.54 Å². The molecular formula is C15H12F2IN3. The number of rotatable bonds is 4. The highest BCUT2D eigenvalue weighted by Crippen LogP contribution is 2.41. The molecule has 6 heteroatoms. The van der Waals surface area contributed by atoms with Gasteiger partial charge in [0.15, 0.2) is 0 Å². The highest BCUT2D eigenvalue weighted by atomic mass is 127. The van der Waals surface area contributed by atoms with Crippen LogP contribution in [0.15, 0.2) is 53.6 Å². The Morgan fingerprint density at radius 2 is 1.38 bits per heavy atom. The Hall–Kier alpha value is -1.66. The first-order valence-corrected chi connectivity index (χ1v) is 7.47. The zero-order chi connectivity index (χ0) is 15.5. The van der Waals surface area contributed by atoms with Crippen molar-refractivity contribution in [2.24, 2.45) is 5.11 Å². The second-order valence-electron chi connectivity index (χ2n) is 4.59. The zero-order valence-corrected chi connectivity index (χ0v) is 13.3. The summed E-state index contributed by atoms with van der Waals surface area (Å²) in [5.74, 6) is -0.734. The van der Waals surface area contributed by atoms with Gasteiger partial charge in [0.1, 0.15) is 17.2 Å². The minimum Gasteiger partial charge on any atom is -0.207 e. The van der Waals surface area contributed by atoms with Gasteiger partial charge in [0.2, 0.25) is 0 Å². The fourth-order valence-electron chi connectivity index (χ4n) is 2.30. The van der Waals surface area contributed by atoms with Crippen LogP contribution in [0.2, 0.25) is 0 Å². The molecular weight excluding hydrogens is 387 g/mol. The van der Waals surface area contributed by atoms with Crippen LogP contribution >= 0.6 is 22.6 Å². The van der Waals surface area contributed by atoms with E-state index in [1.54, 1.807) is 24.3 Å². The normalized spacial score (nSPS) is 12.6. The summed E-state index contributed by atoms with van der Waals surface area (Å²) in [6.07, 6.45) is 0. The monoisotopic (exact) mass is 399 g/mol. The maximum atomic E-state index is 13.2. The Bertz CT molecular complexity index is 617. The molecule has 1 unspecified atom stereocenters. The average Bonchev–Trinajstić information content (AvgIpc) is 2.46. The number of halogens is 3. The number of hydrogen-bond donors (Lipinski definition) is 0. The highest BCUT2D eigenvalue weighted by Gasteiger charge is 2.38. The van der Waals surface area contributed by atoms with E-state index in [1.807, 2.05) is 6.92 Å². The molecule has 0 N–H and O–H groups in total. The van der Waals surface area contributed by atoms with Crippen molar-refractivity contribution in [3.8, 4) is 0 Å². The van der Waals surface area contributed by atoms with Crippen LogP contribution in [0, 0.1) is 11.6 Å². The van der Waals surface area contributed by atoms with Crippen LogP contribution < -0.4 is 0 Å². The summed E-state index contributed by atoms with van der Waals surface area (Å²) in [6, 6.07) is 11.6. The van der Waals surface area contributed by atoms with Crippen molar-refractivity contribution in [3.63, 3.8) is 0 Å². The van der Waals surface area contributed by atoms with Crippen molar-refractivity contribution in [1.82, 2.24) is 0 Å². The molecule has 21 heavy (non-hydrogen) atoms. The Kier molecular flexibility index (Phi) is 4.80. The van der Waals surface area contributed by atoms with Gasteiger partial charge in [0, 0.05) is 8.84 Å². The highest BCUT2D eigenvalue weighted by molar-refractivity contribution is 14.1. The average molecular weight is 399 g/mol. The second kappa shape index (κ2) is 6.41. The third-order valence-corrected chi connectivity index (χ3v) is 4.25. The van der Waals surface area contributed by atoms with Gasteiger partial charge in [-0.3, -0.25) is 0 Å². The summed E-state index contributed by atoms with van der Waals surface area (Å²) in [7, 11) is 0. The van der Waals surface area contributed by atoms with Gasteiger partial charge in [-0.2, -0.15) is 0 Å². The number of benzene rings is 2. The molecule has 0 amide bonds. The molecule has 0 heterocycles. The molecule has 2 rings (SSSR count). The third kappa shape index (κ3) is 3.01. The van der Waals surface area contributed by atoms with Crippen LogP contribution in [0.5, 0.6) is 0 Å². The minimum absolute atomic E-state index is 0.123. The minimum atomic E-state index is -1.02. The topological polar surface area (TPSA) is 48.8 Å². The molecule has 1 atom stereocenters. The Balaban J connectivity index is 2.71. The molecule has 0 radical (unpaired) electrons. The standard InChI is InChI=1S/C15H12F2IN3/c1-10(18)15(20-21-19,11-2-6-13(16)7-3-11)12-4-8-14(17)9-5-12/h2-10H,1H3. The van der Waals surface area contributed by atoms with Crippen LogP contribution in [0.25, 0.3) is 10.4 Å².